The highest BCUT2D eigenvalue weighted by Gasteiger charge is 2.23. The first-order chi connectivity index (χ1) is 17.4. The number of halogens is 2. The van der Waals surface area contributed by atoms with Gasteiger partial charge in [0.25, 0.3) is 0 Å². The second-order valence-corrected chi connectivity index (χ2v) is 9.46. The molecule has 8 heteroatoms. The number of nitrogens with zero attached hydrogens (tertiary/aromatic N) is 3. The number of anilines is 2. The van der Waals surface area contributed by atoms with E-state index in [0.29, 0.717) is 45.2 Å². The Balaban J connectivity index is 1.82. The van der Waals surface area contributed by atoms with Crippen LogP contribution in [0.15, 0.2) is 72.8 Å². The summed E-state index contributed by atoms with van der Waals surface area (Å²) in [7, 11) is 0. The lowest BCUT2D eigenvalue weighted by atomic mass is 10.0. The second kappa shape index (κ2) is 8.68. The molecule has 0 aliphatic carbocycles. The summed E-state index contributed by atoms with van der Waals surface area (Å²) in [5.74, 6) is 0.251. The fourth-order valence-corrected chi connectivity index (χ4v) is 5.15. The van der Waals surface area contributed by atoms with Gasteiger partial charge in [-0.1, -0.05) is 23.2 Å². The number of phenols is 2. The summed E-state index contributed by atoms with van der Waals surface area (Å²) in [4.78, 5) is 11.7. The third-order valence-electron chi connectivity index (χ3n) is 6.27. The van der Waals surface area contributed by atoms with Crippen LogP contribution in [-0.2, 0) is 0 Å². The highest BCUT2D eigenvalue weighted by atomic mass is 35.5. The Morgan fingerprint density at radius 2 is 1.08 bits per heavy atom. The van der Waals surface area contributed by atoms with Gasteiger partial charge < -0.3 is 20.8 Å². The lowest BCUT2D eigenvalue weighted by Crippen LogP contribution is -2.26. The first-order valence-corrected chi connectivity index (χ1v) is 12.1. The molecule has 0 spiro atoms. The highest BCUT2D eigenvalue weighted by Crippen LogP contribution is 2.44. The largest absolute Gasteiger partial charge is 0.508 e. The minimum absolute atomic E-state index is 0.125. The van der Waals surface area contributed by atoms with E-state index in [1.165, 1.54) is 0 Å². The van der Waals surface area contributed by atoms with Crippen molar-refractivity contribution in [2.45, 2.75) is 0 Å². The first kappa shape index (κ1) is 22.6. The molecule has 0 saturated heterocycles. The maximum Gasteiger partial charge on any atom is 0.116 e. The van der Waals surface area contributed by atoms with E-state index >= 15 is 0 Å². The minimum Gasteiger partial charge on any atom is -0.508 e. The topological polar surface area (TPSA) is 95.5 Å². The summed E-state index contributed by atoms with van der Waals surface area (Å²) in [6.45, 7) is 0.786. The molecule has 2 aromatic heterocycles. The predicted octanol–water partition coefficient (Wildman–Crippen LogP) is 6.90. The monoisotopic (exact) mass is 514 g/mol. The van der Waals surface area contributed by atoms with E-state index in [-0.39, 0.29) is 11.5 Å². The third kappa shape index (κ3) is 3.71. The molecule has 6 rings (SSSR count). The molecule has 0 saturated carbocycles. The number of hydrogen-bond acceptors (Lipinski definition) is 6. The van der Waals surface area contributed by atoms with Crippen molar-refractivity contribution in [2.24, 2.45) is 5.73 Å². The zero-order valence-electron chi connectivity index (χ0n) is 18.9. The summed E-state index contributed by atoms with van der Waals surface area (Å²) in [5.41, 5.74) is 10.6. The summed E-state index contributed by atoms with van der Waals surface area (Å²) in [5, 5.41) is 25.2. The molecule has 0 aliphatic heterocycles. The van der Waals surface area contributed by atoms with Crippen LogP contribution in [0.4, 0.5) is 11.4 Å². The van der Waals surface area contributed by atoms with Gasteiger partial charge in [-0.15, -0.1) is 0 Å². The zero-order chi connectivity index (χ0) is 25.0. The maximum absolute atomic E-state index is 10.4. The Morgan fingerprint density at radius 3 is 1.53 bits per heavy atom. The second-order valence-electron chi connectivity index (χ2n) is 8.59. The van der Waals surface area contributed by atoms with Crippen molar-refractivity contribution in [2.75, 3.05) is 18.0 Å². The molecule has 6 nitrogen and oxygen atoms in total. The first-order valence-electron chi connectivity index (χ1n) is 11.3. The molecule has 0 unspecified atom stereocenters. The molecule has 178 valence electrons. The Bertz CT molecular complexity index is 1690. The minimum atomic E-state index is 0.125. The maximum atomic E-state index is 10.4. The van der Waals surface area contributed by atoms with E-state index in [1.54, 1.807) is 36.4 Å². The number of fused-ring (bicyclic) bond motifs is 4. The van der Waals surface area contributed by atoms with Crippen LogP contribution < -0.4 is 10.6 Å². The molecule has 0 amide bonds. The van der Waals surface area contributed by atoms with Gasteiger partial charge in [0.05, 0.1) is 33.4 Å². The van der Waals surface area contributed by atoms with Gasteiger partial charge in [-0.3, -0.25) is 0 Å². The molecule has 0 fully saturated rings. The lowest BCUT2D eigenvalue weighted by molar-refractivity contribution is 0.475. The number of benzene rings is 4. The number of aromatic hydroxyl groups is 2. The molecule has 4 aromatic carbocycles. The van der Waals surface area contributed by atoms with Crippen molar-refractivity contribution in [3.05, 3.63) is 82.8 Å². The molecular weight excluding hydrogens is 495 g/mol. The van der Waals surface area contributed by atoms with Gasteiger partial charge in [0.1, 0.15) is 11.5 Å². The van der Waals surface area contributed by atoms with Crippen LogP contribution in [0.3, 0.4) is 0 Å². The van der Waals surface area contributed by atoms with Crippen LogP contribution in [0.2, 0.25) is 10.0 Å². The molecule has 0 radical (unpaired) electrons. The molecule has 6 aromatic rings. The van der Waals surface area contributed by atoms with Crippen LogP contribution >= 0.6 is 23.2 Å². The SMILES string of the molecule is NCCN(c1c2ccc(Cl)cc2nc2ccc(O)cc12)c1c2ccc(Cl)cc2nc2ccc(O)cc12. The van der Waals surface area contributed by atoms with Crippen molar-refractivity contribution in [3.63, 3.8) is 0 Å². The van der Waals surface area contributed by atoms with Crippen molar-refractivity contribution in [1.82, 2.24) is 9.97 Å². The summed E-state index contributed by atoms with van der Waals surface area (Å²) < 4.78 is 0. The van der Waals surface area contributed by atoms with Crippen LogP contribution in [0.25, 0.3) is 43.6 Å². The summed E-state index contributed by atoms with van der Waals surface area (Å²) >= 11 is 12.7. The normalized spacial score (nSPS) is 11.6. The van der Waals surface area contributed by atoms with Crippen molar-refractivity contribution in [3.8, 4) is 11.5 Å². The average molecular weight is 515 g/mol. The van der Waals surface area contributed by atoms with E-state index in [4.69, 9.17) is 38.9 Å². The molecular formula is C28H20Cl2N4O2. The standard InChI is InChI=1S/C28H20Cl2N4O2/c29-15-1-5-19-25(11-15)32-23-7-3-17(35)13-21(23)27(19)34(10-9-31)28-20-6-2-16(30)12-26(20)33-24-8-4-18(36)14-22(24)28/h1-8,11-14,35-36H,9-10,31H2. The molecule has 2 heterocycles. The third-order valence-corrected chi connectivity index (χ3v) is 6.74. The molecule has 0 aliphatic rings. The Kier molecular flexibility index (Phi) is 5.45. The number of rotatable bonds is 4. The van der Waals surface area contributed by atoms with Crippen LogP contribution in [0.5, 0.6) is 11.5 Å². The Hall–Kier alpha value is -3.84. The highest BCUT2D eigenvalue weighted by molar-refractivity contribution is 6.32. The van der Waals surface area contributed by atoms with Gasteiger partial charge in [0.2, 0.25) is 0 Å². The number of aromatic nitrogens is 2. The predicted molar refractivity (Wildman–Crippen MR) is 148 cm³/mol. The van der Waals surface area contributed by atoms with Gasteiger partial charge in [-0.2, -0.15) is 0 Å². The average Bonchev–Trinajstić information content (AvgIpc) is 2.85. The van der Waals surface area contributed by atoms with Gasteiger partial charge in [-0.05, 0) is 72.8 Å². The number of nitrogens with two attached hydrogens (primary N) is 1. The number of pyridine rings is 2. The van der Waals surface area contributed by atoms with Gasteiger partial charge in [0, 0.05) is 44.7 Å². The Labute approximate surface area is 216 Å². The van der Waals surface area contributed by atoms with Crippen LogP contribution in [0, 0.1) is 0 Å². The smallest absolute Gasteiger partial charge is 0.116 e. The van der Waals surface area contributed by atoms with Gasteiger partial charge >= 0.3 is 0 Å². The van der Waals surface area contributed by atoms with Crippen LogP contribution in [-0.4, -0.2) is 33.3 Å². The molecule has 0 atom stereocenters. The number of phenolic OH excluding ortho intramolecular Hbond substituents is 2. The van der Waals surface area contributed by atoms with E-state index in [1.807, 2.05) is 36.4 Å². The van der Waals surface area contributed by atoms with Crippen LogP contribution in [0.1, 0.15) is 0 Å². The van der Waals surface area contributed by atoms with Crippen molar-refractivity contribution >= 4 is 78.2 Å². The Morgan fingerprint density at radius 1 is 0.611 bits per heavy atom. The quantitative estimate of drug-likeness (QED) is 0.221. The van der Waals surface area contributed by atoms with Crippen molar-refractivity contribution < 1.29 is 10.2 Å². The molecule has 0 bridgehead atoms. The fourth-order valence-electron chi connectivity index (χ4n) is 4.81. The zero-order valence-corrected chi connectivity index (χ0v) is 20.4. The van der Waals surface area contributed by atoms with E-state index in [0.717, 1.165) is 32.9 Å². The van der Waals surface area contributed by atoms with E-state index < -0.39 is 0 Å². The van der Waals surface area contributed by atoms with Gasteiger partial charge in [0.15, 0.2) is 0 Å². The van der Waals surface area contributed by atoms with E-state index in [9.17, 15) is 10.2 Å². The number of hydrogen-bond donors (Lipinski definition) is 3. The molecule has 36 heavy (non-hydrogen) atoms. The summed E-state index contributed by atoms with van der Waals surface area (Å²) in [6, 6.07) is 21.3. The fraction of sp³-hybridized carbons (Fsp3) is 0.0714. The summed E-state index contributed by atoms with van der Waals surface area (Å²) in [6.07, 6.45) is 0. The van der Waals surface area contributed by atoms with Gasteiger partial charge in [-0.25, -0.2) is 9.97 Å². The lowest BCUT2D eigenvalue weighted by Gasteiger charge is -2.30. The van der Waals surface area contributed by atoms with Crippen molar-refractivity contribution in [1.29, 1.82) is 0 Å². The molecule has 4 N–H and O–H groups in total. The van der Waals surface area contributed by atoms with E-state index in [2.05, 4.69) is 4.90 Å².